The molecule has 2 heterocycles. The third kappa shape index (κ3) is 3.53. The van der Waals surface area contributed by atoms with E-state index >= 15 is 0 Å². The molecule has 0 unspecified atom stereocenters. The summed E-state index contributed by atoms with van der Waals surface area (Å²) in [6.45, 7) is 2.70. The molecule has 98 valence electrons. The highest BCUT2D eigenvalue weighted by Crippen LogP contribution is 2.20. The van der Waals surface area contributed by atoms with Crippen LogP contribution in [0.5, 0.6) is 0 Å². The van der Waals surface area contributed by atoms with E-state index in [1.807, 2.05) is 18.3 Å². The molecule has 0 aliphatic carbocycles. The first kappa shape index (κ1) is 13.5. The molecule has 0 radical (unpaired) electrons. The van der Waals surface area contributed by atoms with Gasteiger partial charge in [-0.3, -0.25) is 14.7 Å². The molecule has 1 aromatic rings. The summed E-state index contributed by atoms with van der Waals surface area (Å²) >= 11 is 3.37. The molecular weight excluding hydrogens is 296 g/mol. The summed E-state index contributed by atoms with van der Waals surface area (Å²) in [5.74, 6) is 0.000503. The van der Waals surface area contributed by atoms with Gasteiger partial charge in [-0.15, -0.1) is 0 Å². The van der Waals surface area contributed by atoms with E-state index < -0.39 is 0 Å². The second-order valence-corrected chi connectivity index (χ2v) is 5.46. The highest BCUT2D eigenvalue weighted by molar-refractivity contribution is 9.10. The molecule has 1 aliphatic rings. The second-order valence-electron chi connectivity index (χ2n) is 4.54. The van der Waals surface area contributed by atoms with Crippen LogP contribution in [0.1, 0.15) is 18.5 Å². The molecule has 0 spiro atoms. The van der Waals surface area contributed by atoms with Gasteiger partial charge in [0.25, 0.3) is 0 Å². The predicted molar refractivity (Wildman–Crippen MR) is 72.0 cm³/mol. The summed E-state index contributed by atoms with van der Waals surface area (Å²) in [6.07, 6.45) is 3.57. The fraction of sp³-hybridized carbons (Fsp3) is 0.538. The van der Waals surface area contributed by atoms with Crippen LogP contribution in [-0.4, -0.2) is 36.1 Å². The third-order valence-corrected chi connectivity index (χ3v) is 3.77. The topological polar surface area (TPSA) is 42.4 Å². The number of hydrogen-bond acceptors (Lipinski definition) is 4. The zero-order chi connectivity index (χ0) is 13.0. The normalized spacial score (nSPS) is 17.7. The Bertz CT molecular complexity index is 400. The number of nitrogens with zero attached hydrogens (tertiary/aromatic N) is 2. The van der Waals surface area contributed by atoms with Crippen LogP contribution in [-0.2, 0) is 16.1 Å². The lowest BCUT2D eigenvalue weighted by Crippen LogP contribution is -2.36. The van der Waals surface area contributed by atoms with Crippen molar-refractivity contribution < 1.29 is 9.53 Å². The molecule has 1 aromatic heterocycles. The summed E-state index contributed by atoms with van der Waals surface area (Å²) in [5, 5.41) is 0. The van der Waals surface area contributed by atoms with Crippen molar-refractivity contribution >= 4 is 21.9 Å². The Balaban J connectivity index is 1.83. The molecule has 1 saturated heterocycles. The number of carbonyl (C=O) groups excluding carboxylic acids is 1. The van der Waals surface area contributed by atoms with Crippen LogP contribution in [0.15, 0.2) is 22.8 Å². The fourth-order valence-corrected chi connectivity index (χ4v) is 2.46. The standard InChI is InChI=1S/C13H17BrN2O2/c1-18-13(17)10-4-6-16(7-5-10)9-12-3-2-11(14)8-15-12/h2-3,8,10H,4-7,9H2,1H3. The number of carbonyl (C=O) groups is 1. The van der Waals surface area contributed by atoms with E-state index in [1.165, 1.54) is 7.11 Å². The second kappa shape index (κ2) is 6.29. The summed E-state index contributed by atoms with van der Waals surface area (Å²) in [4.78, 5) is 18.1. The first-order chi connectivity index (χ1) is 8.69. The fourth-order valence-electron chi connectivity index (χ4n) is 2.22. The number of aromatic nitrogens is 1. The van der Waals surface area contributed by atoms with Crippen LogP contribution >= 0.6 is 15.9 Å². The molecule has 5 heteroatoms. The Hall–Kier alpha value is -0.940. The number of piperidine rings is 1. The number of hydrogen-bond donors (Lipinski definition) is 0. The zero-order valence-electron chi connectivity index (χ0n) is 10.4. The average Bonchev–Trinajstić information content (AvgIpc) is 2.41. The van der Waals surface area contributed by atoms with Crippen LogP contribution in [0.3, 0.4) is 0 Å². The molecular formula is C13H17BrN2O2. The van der Waals surface area contributed by atoms with Gasteiger partial charge in [-0.2, -0.15) is 0 Å². The maximum atomic E-state index is 11.4. The smallest absolute Gasteiger partial charge is 0.308 e. The van der Waals surface area contributed by atoms with Crippen molar-refractivity contribution in [3.63, 3.8) is 0 Å². The van der Waals surface area contributed by atoms with Crippen molar-refractivity contribution in [1.82, 2.24) is 9.88 Å². The van der Waals surface area contributed by atoms with E-state index in [0.717, 1.165) is 42.6 Å². The van der Waals surface area contributed by atoms with Gasteiger partial charge < -0.3 is 4.74 Å². The maximum absolute atomic E-state index is 11.4. The SMILES string of the molecule is COC(=O)C1CCN(Cc2ccc(Br)cn2)CC1. The highest BCUT2D eigenvalue weighted by atomic mass is 79.9. The highest BCUT2D eigenvalue weighted by Gasteiger charge is 2.25. The van der Waals surface area contributed by atoms with E-state index in [2.05, 4.69) is 25.8 Å². The number of halogens is 1. The molecule has 0 aromatic carbocycles. The summed E-state index contributed by atoms with van der Waals surface area (Å²) in [6, 6.07) is 4.03. The lowest BCUT2D eigenvalue weighted by molar-refractivity contribution is -0.147. The van der Waals surface area contributed by atoms with Crippen molar-refractivity contribution in [3.05, 3.63) is 28.5 Å². The third-order valence-electron chi connectivity index (χ3n) is 3.30. The van der Waals surface area contributed by atoms with Crippen LogP contribution in [0.2, 0.25) is 0 Å². The van der Waals surface area contributed by atoms with E-state index in [-0.39, 0.29) is 11.9 Å². The van der Waals surface area contributed by atoms with Crippen molar-refractivity contribution in [1.29, 1.82) is 0 Å². The van der Waals surface area contributed by atoms with Gasteiger partial charge in [0.1, 0.15) is 0 Å². The van der Waals surface area contributed by atoms with E-state index in [1.54, 1.807) is 0 Å². The molecule has 0 saturated carbocycles. The number of methoxy groups -OCH3 is 1. The van der Waals surface area contributed by atoms with Gasteiger partial charge >= 0.3 is 5.97 Å². The minimum Gasteiger partial charge on any atom is -0.469 e. The van der Waals surface area contributed by atoms with E-state index in [0.29, 0.717) is 0 Å². The molecule has 0 amide bonds. The minimum absolute atomic E-state index is 0.0728. The van der Waals surface area contributed by atoms with Gasteiger partial charge in [0.15, 0.2) is 0 Å². The van der Waals surface area contributed by atoms with Gasteiger partial charge in [0.05, 0.1) is 18.7 Å². The number of ether oxygens (including phenoxy) is 1. The van der Waals surface area contributed by atoms with Crippen LogP contribution in [0.4, 0.5) is 0 Å². The van der Waals surface area contributed by atoms with Crippen LogP contribution < -0.4 is 0 Å². The largest absolute Gasteiger partial charge is 0.469 e. The van der Waals surface area contributed by atoms with Crippen molar-refractivity contribution in [2.45, 2.75) is 19.4 Å². The Kier molecular flexibility index (Phi) is 4.72. The first-order valence-corrected chi connectivity index (χ1v) is 6.89. The predicted octanol–water partition coefficient (Wildman–Crippen LogP) is 2.23. The lowest BCUT2D eigenvalue weighted by Gasteiger charge is -2.30. The molecule has 2 rings (SSSR count). The summed E-state index contributed by atoms with van der Waals surface area (Å²) in [7, 11) is 1.46. The molecule has 4 nitrogen and oxygen atoms in total. The Morgan fingerprint density at radius 2 is 2.22 bits per heavy atom. The molecule has 0 N–H and O–H groups in total. The first-order valence-electron chi connectivity index (χ1n) is 6.09. The van der Waals surface area contributed by atoms with Crippen LogP contribution in [0, 0.1) is 5.92 Å². The minimum atomic E-state index is -0.0728. The number of likely N-dealkylation sites (tertiary alicyclic amines) is 1. The average molecular weight is 313 g/mol. The van der Waals surface area contributed by atoms with Gasteiger partial charge in [-0.25, -0.2) is 0 Å². The summed E-state index contributed by atoms with van der Waals surface area (Å²) < 4.78 is 5.78. The van der Waals surface area contributed by atoms with Gasteiger partial charge in [-0.05, 0) is 54.0 Å². The van der Waals surface area contributed by atoms with Gasteiger partial charge in [0.2, 0.25) is 0 Å². The molecule has 1 fully saturated rings. The Morgan fingerprint density at radius 1 is 1.50 bits per heavy atom. The van der Waals surface area contributed by atoms with Gasteiger partial charge in [-0.1, -0.05) is 0 Å². The number of rotatable bonds is 3. The lowest BCUT2D eigenvalue weighted by atomic mass is 9.97. The van der Waals surface area contributed by atoms with Crippen molar-refractivity contribution in [2.75, 3.05) is 20.2 Å². The summed E-state index contributed by atoms with van der Waals surface area (Å²) in [5.41, 5.74) is 1.06. The van der Waals surface area contributed by atoms with Crippen LogP contribution in [0.25, 0.3) is 0 Å². The molecule has 0 atom stereocenters. The maximum Gasteiger partial charge on any atom is 0.308 e. The van der Waals surface area contributed by atoms with E-state index in [4.69, 9.17) is 4.74 Å². The number of pyridine rings is 1. The molecule has 18 heavy (non-hydrogen) atoms. The van der Waals surface area contributed by atoms with E-state index in [9.17, 15) is 4.79 Å². The number of esters is 1. The zero-order valence-corrected chi connectivity index (χ0v) is 12.0. The van der Waals surface area contributed by atoms with Crippen molar-refractivity contribution in [2.24, 2.45) is 5.92 Å². The van der Waals surface area contributed by atoms with Gasteiger partial charge in [0, 0.05) is 17.2 Å². The monoisotopic (exact) mass is 312 g/mol. The molecule has 0 bridgehead atoms. The molecule has 1 aliphatic heterocycles. The quantitative estimate of drug-likeness (QED) is 0.803. The Morgan fingerprint density at radius 3 is 2.78 bits per heavy atom. The Labute approximate surface area is 115 Å². The van der Waals surface area contributed by atoms with Crippen molar-refractivity contribution in [3.8, 4) is 0 Å².